The number of aromatic hydroxyl groups is 1. The lowest BCUT2D eigenvalue weighted by molar-refractivity contribution is -0.119. The number of imidazole rings is 1. The molecule has 1 aromatic carbocycles. The number of fused-ring (bicyclic) bond motifs is 2. The topological polar surface area (TPSA) is 99.1 Å². The minimum Gasteiger partial charge on any atom is -0.504 e. The summed E-state index contributed by atoms with van der Waals surface area (Å²) in [6.45, 7) is 2.68. The van der Waals surface area contributed by atoms with Crippen molar-refractivity contribution in [3.8, 4) is 28.5 Å². The third-order valence-corrected chi connectivity index (χ3v) is 6.85. The van der Waals surface area contributed by atoms with E-state index in [0.29, 0.717) is 29.6 Å². The van der Waals surface area contributed by atoms with Crippen LogP contribution in [0.15, 0.2) is 29.8 Å². The number of benzene rings is 1. The molecule has 8 heteroatoms. The highest BCUT2D eigenvalue weighted by Gasteiger charge is 2.29. The molecule has 1 atom stereocenters. The van der Waals surface area contributed by atoms with Gasteiger partial charge in [-0.15, -0.1) is 0 Å². The van der Waals surface area contributed by atoms with Crippen LogP contribution in [0.2, 0.25) is 0 Å². The van der Waals surface area contributed by atoms with E-state index in [1.807, 2.05) is 36.2 Å². The van der Waals surface area contributed by atoms with Crippen LogP contribution >= 0.6 is 0 Å². The predicted octanol–water partition coefficient (Wildman–Crippen LogP) is 2.86. The van der Waals surface area contributed by atoms with Crippen LogP contribution in [0, 0.1) is 5.92 Å². The van der Waals surface area contributed by atoms with E-state index in [-0.39, 0.29) is 11.7 Å². The van der Waals surface area contributed by atoms with Crippen molar-refractivity contribution in [2.24, 2.45) is 13.0 Å². The molecule has 0 saturated carbocycles. The lowest BCUT2D eigenvalue weighted by Crippen LogP contribution is -2.35. The van der Waals surface area contributed by atoms with Gasteiger partial charge in [0.05, 0.1) is 5.69 Å². The molecule has 8 nitrogen and oxygen atoms in total. The Morgan fingerprint density at radius 3 is 2.84 bits per heavy atom. The first-order valence-corrected chi connectivity index (χ1v) is 11.3. The first kappa shape index (κ1) is 19.3. The number of amides is 1. The van der Waals surface area contributed by atoms with Crippen LogP contribution in [-0.2, 0) is 18.3 Å². The van der Waals surface area contributed by atoms with Gasteiger partial charge >= 0.3 is 0 Å². The number of aromatic nitrogens is 4. The molecule has 0 spiro atoms. The highest BCUT2D eigenvalue weighted by molar-refractivity contribution is 5.94. The minimum absolute atomic E-state index is 0.106. The van der Waals surface area contributed by atoms with Gasteiger partial charge in [0.15, 0.2) is 11.6 Å². The van der Waals surface area contributed by atoms with Crippen molar-refractivity contribution in [1.29, 1.82) is 0 Å². The lowest BCUT2D eigenvalue weighted by atomic mass is 9.91. The Morgan fingerprint density at radius 2 is 2.03 bits per heavy atom. The van der Waals surface area contributed by atoms with Gasteiger partial charge in [-0.2, -0.15) is 5.10 Å². The molecule has 2 fully saturated rings. The molecule has 2 aliphatic heterocycles. The van der Waals surface area contributed by atoms with E-state index in [1.54, 1.807) is 4.68 Å². The number of hydrogen-bond donors (Lipinski definition) is 3. The van der Waals surface area contributed by atoms with Crippen LogP contribution in [0.4, 0.5) is 5.69 Å². The maximum absolute atomic E-state index is 12.2. The molecule has 4 heterocycles. The van der Waals surface area contributed by atoms with Gasteiger partial charge in [-0.1, -0.05) is 12.1 Å². The first-order chi connectivity index (χ1) is 15.6. The molecule has 164 valence electrons. The maximum Gasteiger partial charge on any atom is 0.226 e. The normalized spacial score (nSPS) is 20.3. The monoisotopic (exact) mass is 430 g/mol. The molecule has 3 N–H and O–H groups in total. The van der Waals surface area contributed by atoms with E-state index in [2.05, 4.69) is 21.5 Å². The van der Waals surface area contributed by atoms with Gasteiger partial charge in [-0.05, 0) is 49.0 Å². The Kier molecular flexibility index (Phi) is 4.43. The van der Waals surface area contributed by atoms with E-state index in [9.17, 15) is 9.90 Å². The summed E-state index contributed by atoms with van der Waals surface area (Å²) >= 11 is 0. The van der Waals surface area contributed by atoms with E-state index >= 15 is 0 Å². The van der Waals surface area contributed by atoms with Crippen molar-refractivity contribution < 1.29 is 9.90 Å². The fraction of sp³-hybridized carbons (Fsp3) is 0.375. The Bertz CT molecular complexity index is 1240. The maximum atomic E-state index is 12.2. The third-order valence-electron chi connectivity index (χ3n) is 6.85. The largest absolute Gasteiger partial charge is 0.504 e. The lowest BCUT2D eigenvalue weighted by Gasteiger charge is -2.26. The van der Waals surface area contributed by atoms with Gasteiger partial charge in [0.2, 0.25) is 5.91 Å². The van der Waals surface area contributed by atoms with Crippen LogP contribution in [0.25, 0.3) is 28.9 Å². The van der Waals surface area contributed by atoms with Crippen LogP contribution in [-0.4, -0.2) is 50.4 Å². The quantitative estimate of drug-likeness (QED) is 0.594. The second kappa shape index (κ2) is 7.34. The summed E-state index contributed by atoms with van der Waals surface area (Å²) in [5, 5.41) is 19.1. The first-order valence-electron chi connectivity index (χ1n) is 11.3. The summed E-state index contributed by atoms with van der Waals surface area (Å²) in [7, 11) is 1.82. The van der Waals surface area contributed by atoms with Crippen LogP contribution < -0.4 is 10.2 Å². The zero-order valence-electron chi connectivity index (χ0n) is 18.1. The summed E-state index contributed by atoms with van der Waals surface area (Å²) in [5.41, 5.74) is 6.23. The van der Waals surface area contributed by atoms with E-state index in [4.69, 9.17) is 4.98 Å². The molecule has 3 aromatic rings. The molecular weight excluding hydrogens is 404 g/mol. The zero-order valence-corrected chi connectivity index (χ0v) is 18.1. The fourth-order valence-electron chi connectivity index (χ4n) is 5.12. The van der Waals surface area contributed by atoms with Crippen LogP contribution in [0.5, 0.6) is 5.75 Å². The van der Waals surface area contributed by atoms with Gasteiger partial charge in [-0.25, -0.2) is 4.98 Å². The number of aryl methyl sites for hydroxylation is 1. The van der Waals surface area contributed by atoms with Crippen LogP contribution in [0.1, 0.15) is 30.7 Å². The fourth-order valence-corrected chi connectivity index (χ4v) is 5.12. The summed E-state index contributed by atoms with van der Waals surface area (Å²) in [6.07, 6.45) is 5.69. The second-order valence-corrected chi connectivity index (χ2v) is 8.92. The third kappa shape index (κ3) is 3.05. The molecule has 0 bridgehead atoms. The summed E-state index contributed by atoms with van der Waals surface area (Å²) in [4.78, 5) is 22.2. The number of carbonyl (C=O) groups excluding carboxylic acids is 1. The van der Waals surface area contributed by atoms with Crippen molar-refractivity contribution >= 4 is 17.7 Å². The molecule has 32 heavy (non-hydrogen) atoms. The zero-order chi connectivity index (χ0) is 21.8. The molecule has 2 saturated heterocycles. The molecule has 1 amide bonds. The number of anilines is 1. The van der Waals surface area contributed by atoms with Crippen molar-refractivity contribution in [2.75, 3.05) is 24.5 Å². The van der Waals surface area contributed by atoms with Crippen molar-refractivity contribution in [3.63, 3.8) is 0 Å². The Hall–Kier alpha value is -3.39. The number of aromatic amines is 1. The number of nitrogens with zero attached hydrogens (tertiary/aromatic N) is 4. The number of carbonyl (C=O) groups is 1. The molecular formula is C24H26N6O2. The summed E-state index contributed by atoms with van der Waals surface area (Å²) in [6, 6.07) is 7.68. The minimum atomic E-state index is 0.106. The van der Waals surface area contributed by atoms with Gasteiger partial charge in [0.1, 0.15) is 11.4 Å². The highest BCUT2D eigenvalue weighted by atomic mass is 16.3. The summed E-state index contributed by atoms with van der Waals surface area (Å²) in [5.74, 6) is 1.43. The van der Waals surface area contributed by atoms with Gasteiger partial charge in [0.25, 0.3) is 0 Å². The molecule has 0 radical (unpaired) electrons. The smallest absolute Gasteiger partial charge is 0.226 e. The van der Waals surface area contributed by atoms with Gasteiger partial charge in [-0.3, -0.25) is 9.48 Å². The van der Waals surface area contributed by atoms with Gasteiger partial charge in [0, 0.05) is 50.0 Å². The molecule has 6 rings (SSSR count). The van der Waals surface area contributed by atoms with E-state index in [1.165, 1.54) is 5.57 Å². The van der Waals surface area contributed by atoms with Crippen molar-refractivity contribution in [1.82, 2.24) is 25.1 Å². The Morgan fingerprint density at radius 1 is 1.19 bits per heavy atom. The molecule has 2 aromatic heterocycles. The van der Waals surface area contributed by atoms with E-state index in [0.717, 1.165) is 61.5 Å². The average Bonchev–Trinajstić information content (AvgIpc) is 3.49. The molecule has 3 aliphatic rings. The summed E-state index contributed by atoms with van der Waals surface area (Å²) < 4.78 is 1.67. The number of piperidine rings is 1. The van der Waals surface area contributed by atoms with Gasteiger partial charge < -0.3 is 20.3 Å². The Labute approximate surface area is 186 Å². The number of rotatable bonds is 3. The average molecular weight is 431 g/mol. The SMILES string of the molecule is Cn1nc(-c2ccc(N3CCCCC3=O)cc2)c(O)c1-c1nc2c([nH]1)CC1CNCC1=C2. The van der Waals surface area contributed by atoms with E-state index < -0.39 is 0 Å². The standard InChI is InChI=1S/C24H26N6O2/c1-29-22(24-26-18-10-15-12-25-13-16(15)11-19(18)27-24)23(32)21(28-29)14-5-7-17(8-6-14)30-9-3-2-4-20(30)31/h5-8,10,16,25,32H,2-4,9,11-13H2,1H3,(H,26,27). The second-order valence-electron chi connectivity index (χ2n) is 8.92. The van der Waals surface area contributed by atoms with Crippen LogP contribution in [0.3, 0.4) is 0 Å². The number of H-pyrrole nitrogens is 1. The number of hydrogen-bond acceptors (Lipinski definition) is 5. The number of nitrogens with one attached hydrogen (secondary N) is 2. The van der Waals surface area contributed by atoms with Crippen molar-refractivity contribution in [2.45, 2.75) is 25.7 Å². The highest BCUT2D eigenvalue weighted by Crippen LogP contribution is 2.39. The van der Waals surface area contributed by atoms with Crippen molar-refractivity contribution in [3.05, 3.63) is 41.2 Å². The molecule has 1 unspecified atom stereocenters. The molecule has 1 aliphatic carbocycles. The Balaban J connectivity index is 1.32. The predicted molar refractivity (Wildman–Crippen MR) is 122 cm³/mol.